The first-order valence-electron chi connectivity index (χ1n) is 7.45. The monoisotopic (exact) mass is 295 g/mol. The van der Waals surface area contributed by atoms with E-state index in [-0.39, 0.29) is 0 Å². The van der Waals surface area contributed by atoms with Crippen LogP contribution in [0.1, 0.15) is 31.7 Å². The molecule has 2 rings (SSSR count). The second kappa shape index (κ2) is 8.42. The van der Waals surface area contributed by atoms with Gasteiger partial charge in [0, 0.05) is 18.3 Å². The van der Waals surface area contributed by atoms with Crippen LogP contribution in [-0.2, 0) is 6.54 Å². The third kappa shape index (κ3) is 4.60. The zero-order valence-electron chi connectivity index (χ0n) is 12.5. The Bertz CT molecular complexity index is 405. The lowest BCUT2D eigenvalue weighted by Crippen LogP contribution is -2.26. The second-order valence-corrected chi connectivity index (χ2v) is 6.45. The fourth-order valence-corrected chi connectivity index (χ4v) is 3.72. The van der Waals surface area contributed by atoms with Crippen molar-refractivity contribution in [3.8, 4) is 11.5 Å². The van der Waals surface area contributed by atoms with E-state index in [1.165, 1.54) is 30.6 Å². The van der Waals surface area contributed by atoms with Gasteiger partial charge in [-0.15, -0.1) is 0 Å². The molecule has 0 bridgehead atoms. The van der Waals surface area contributed by atoms with Gasteiger partial charge in [-0.1, -0.05) is 12.5 Å². The van der Waals surface area contributed by atoms with Crippen molar-refractivity contribution in [3.63, 3.8) is 0 Å². The van der Waals surface area contributed by atoms with Crippen molar-refractivity contribution in [1.82, 2.24) is 5.32 Å². The maximum atomic E-state index is 5.61. The smallest absolute Gasteiger partial charge is 0.161 e. The first-order chi connectivity index (χ1) is 9.83. The van der Waals surface area contributed by atoms with Gasteiger partial charge < -0.3 is 14.8 Å². The summed E-state index contributed by atoms with van der Waals surface area (Å²) in [5.74, 6) is 2.96. The normalized spacial score (nSPS) is 18.8. The summed E-state index contributed by atoms with van der Waals surface area (Å²) in [6.45, 7) is 4.64. The van der Waals surface area contributed by atoms with E-state index in [4.69, 9.17) is 9.47 Å². The topological polar surface area (TPSA) is 30.5 Å². The molecule has 1 aliphatic heterocycles. The maximum Gasteiger partial charge on any atom is 0.161 e. The molecule has 1 saturated heterocycles. The van der Waals surface area contributed by atoms with Crippen LogP contribution in [0.5, 0.6) is 11.5 Å². The lowest BCUT2D eigenvalue weighted by molar-refractivity contribution is 0.310. The highest BCUT2D eigenvalue weighted by atomic mass is 32.2. The molecule has 0 aromatic heterocycles. The van der Waals surface area contributed by atoms with Crippen LogP contribution in [0.4, 0.5) is 0 Å². The predicted molar refractivity (Wildman–Crippen MR) is 86.0 cm³/mol. The van der Waals surface area contributed by atoms with Gasteiger partial charge in [0.05, 0.1) is 13.7 Å². The number of thioether (sulfide) groups is 1. The molecule has 0 amide bonds. The predicted octanol–water partition coefficient (Wildman–Crippen LogP) is 3.47. The lowest BCUT2D eigenvalue weighted by atomic mass is 10.1. The van der Waals surface area contributed by atoms with E-state index in [9.17, 15) is 0 Å². The van der Waals surface area contributed by atoms with E-state index < -0.39 is 0 Å². The van der Waals surface area contributed by atoms with Gasteiger partial charge in [-0.25, -0.2) is 0 Å². The van der Waals surface area contributed by atoms with Gasteiger partial charge in [-0.05, 0) is 43.2 Å². The number of rotatable bonds is 7. The molecule has 1 aromatic carbocycles. The van der Waals surface area contributed by atoms with Gasteiger partial charge in [0.15, 0.2) is 11.5 Å². The molecular formula is C16H25NO2S. The second-order valence-electron chi connectivity index (χ2n) is 5.04. The third-order valence-corrected chi connectivity index (χ3v) is 4.90. The molecule has 0 saturated carbocycles. The molecule has 1 heterocycles. The molecular weight excluding hydrogens is 270 g/mol. The molecule has 1 N–H and O–H groups in total. The number of ether oxygens (including phenoxy) is 2. The largest absolute Gasteiger partial charge is 0.493 e. The summed E-state index contributed by atoms with van der Waals surface area (Å²) in [5.41, 5.74) is 1.25. The summed E-state index contributed by atoms with van der Waals surface area (Å²) in [6.07, 6.45) is 4.12. The van der Waals surface area contributed by atoms with Crippen LogP contribution in [0, 0.1) is 0 Å². The fraction of sp³-hybridized carbons (Fsp3) is 0.625. The Balaban J connectivity index is 1.84. The van der Waals surface area contributed by atoms with Crippen molar-refractivity contribution in [2.45, 2.75) is 38.0 Å². The number of benzene rings is 1. The van der Waals surface area contributed by atoms with Crippen LogP contribution in [0.25, 0.3) is 0 Å². The first-order valence-corrected chi connectivity index (χ1v) is 8.50. The Morgan fingerprint density at radius 2 is 2.20 bits per heavy atom. The summed E-state index contributed by atoms with van der Waals surface area (Å²) < 4.78 is 10.9. The van der Waals surface area contributed by atoms with Crippen molar-refractivity contribution >= 4 is 11.8 Å². The van der Waals surface area contributed by atoms with Crippen molar-refractivity contribution in [2.24, 2.45) is 0 Å². The van der Waals surface area contributed by atoms with Crippen molar-refractivity contribution in [1.29, 1.82) is 0 Å². The van der Waals surface area contributed by atoms with E-state index in [0.717, 1.165) is 29.8 Å². The minimum absolute atomic E-state index is 0.659. The van der Waals surface area contributed by atoms with Crippen LogP contribution < -0.4 is 14.8 Å². The lowest BCUT2D eigenvalue weighted by Gasteiger charge is -2.21. The number of hydrogen-bond donors (Lipinski definition) is 1. The molecule has 0 aliphatic carbocycles. The molecule has 20 heavy (non-hydrogen) atoms. The number of hydrogen-bond acceptors (Lipinski definition) is 4. The van der Waals surface area contributed by atoms with Gasteiger partial charge in [0.1, 0.15) is 0 Å². The highest BCUT2D eigenvalue weighted by Crippen LogP contribution is 2.28. The van der Waals surface area contributed by atoms with E-state index in [0.29, 0.717) is 6.61 Å². The third-order valence-electron chi connectivity index (χ3n) is 3.50. The Hall–Kier alpha value is -0.870. The Morgan fingerprint density at radius 1 is 1.30 bits per heavy atom. The van der Waals surface area contributed by atoms with Gasteiger partial charge in [-0.2, -0.15) is 11.8 Å². The summed E-state index contributed by atoms with van der Waals surface area (Å²) in [7, 11) is 1.68. The Labute approximate surface area is 126 Å². The molecule has 1 aliphatic rings. The standard InChI is InChI=1S/C16H25NO2S/c1-3-19-16-10-13(7-8-15(16)18-2)11-17-12-14-6-4-5-9-20-14/h7-8,10,14,17H,3-6,9,11-12H2,1-2H3. The zero-order valence-corrected chi connectivity index (χ0v) is 13.3. The summed E-state index contributed by atoms with van der Waals surface area (Å²) in [5, 5.41) is 4.35. The SMILES string of the molecule is CCOc1cc(CNCC2CCCCS2)ccc1OC. The average Bonchev–Trinajstić information content (AvgIpc) is 2.49. The Kier molecular flexibility index (Phi) is 6.54. The maximum absolute atomic E-state index is 5.61. The molecule has 3 nitrogen and oxygen atoms in total. The van der Waals surface area contributed by atoms with E-state index in [2.05, 4.69) is 29.2 Å². The number of nitrogens with one attached hydrogen (secondary N) is 1. The van der Waals surface area contributed by atoms with Crippen LogP contribution in [-0.4, -0.2) is 31.3 Å². The number of methoxy groups -OCH3 is 1. The molecule has 0 spiro atoms. The summed E-state index contributed by atoms with van der Waals surface area (Å²) in [4.78, 5) is 0. The fourth-order valence-electron chi connectivity index (χ4n) is 2.45. The van der Waals surface area contributed by atoms with E-state index in [1.54, 1.807) is 7.11 Å². The highest BCUT2D eigenvalue weighted by molar-refractivity contribution is 7.99. The molecule has 1 aromatic rings. The zero-order chi connectivity index (χ0) is 14.2. The van der Waals surface area contributed by atoms with Crippen molar-refractivity contribution in [3.05, 3.63) is 23.8 Å². The average molecular weight is 295 g/mol. The molecule has 112 valence electrons. The first kappa shape index (κ1) is 15.5. The van der Waals surface area contributed by atoms with Crippen molar-refractivity contribution in [2.75, 3.05) is 26.0 Å². The van der Waals surface area contributed by atoms with Crippen LogP contribution >= 0.6 is 11.8 Å². The molecule has 0 radical (unpaired) electrons. The van der Waals surface area contributed by atoms with Crippen molar-refractivity contribution < 1.29 is 9.47 Å². The van der Waals surface area contributed by atoms with Crippen LogP contribution in [0.15, 0.2) is 18.2 Å². The van der Waals surface area contributed by atoms with Gasteiger partial charge in [-0.3, -0.25) is 0 Å². The molecule has 1 unspecified atom stereocenters. The minimum Gasteiger partial charge on any atom is -0.493 e. The van der Waals surface area contributed by atoms with E-state index >= 15 is 0 Å². The summed E-state index contributed by atoms with van der Waals surface area (Å²) in [6, 6.07) is 6.16. The minimum atomic E-state index is 0.659. The molecule has 1 atom stereocenters. The van der Waals surface area contributed by atoms with Gasteiger partial charge in [0.2, 0.25) is 0 Å². The molecule has 1 fully saturated rings. The van der Waals surface area contributed by atoms with Crippen LogP contribution in [0.2, 0.25) is 0 Å². The van der Waals surface area contributed by atoms with Crippen LogP contribution in [0.3, 0.4) is 0 Å². The quantitative estimate of drug-likeness (QED) is 0.834. The van der Waals surface area contributed by atoms with Gasteiger partial charge >= 0.3 is 0 Å². The Morgan fingerprint density at radius 3 is 2.90 bits per heavy atom. The van der Waals surface area contributed by atoms with E-state index in [1.807, 2.05) is 13.0 Å². The summed E-state index contributed by atoms with van der Waals surface area (Å²) >= 11 is 2.11. The molecule has 4 heteroatoms. The van der Waals surface area contributed by atoms with Gasteiger partial charge in [0.25, 0.3) is 0 Å². The highest BCUT2D eigenvalue weighted by Gasteiger charge is 2.13.